The zero-order valence-corrected chi connectivity index (χ0v) is 11.5. The standard InChI is InChI=1S/C14H13IN2/c15-12-5-1-2-7-14(12)17-8-10-4-3-6-13(16)11(10)9-17/h1-7H,8-9,16H2. The smallest absolute Gasteiger partial charge is 0.0507 e. The van der Waals surface area contributed by atoms with E-state index in [1.54, 1.807) is 0 Å². The van der Waals surface area contributed by atoms with Crippen molar-refractivity contribution in [3.63, 3.8) is 0 Å². The first-order valence-corrected chi connectivity index (χ1v) is 6.69. The van der Waals surface area contributed by atoms with Gasteiger partial charge in [0.1, 0.15) is 0 Å². The highest BCUT2D eigenvalue weighted by atomic mass is 127. The summed E-state index contributed by atoms with van der Waals surface area (Å²) in [6.07, 6.45) is 0. The molecule has 2 nitrogen and oxygen atoms in total. The molecular weight excluding hydrogens is 323 g/mol. The number of nitrogen functional groups attached to an aromatic ring is 1. The van der Waals surface area contributed by atoms with Gasteiger partial charge in [-0.15, -0.1) is 0 Å². The summed E-state index contributed by atoms with van der Waals surface area (Å²) in [5.41, 5.74) is 10.9. The van der Waals surface area contributed by atoms with Gasteiger partial charge in [-0.2, -0.15) is 0 Å². The van der Waals surface area contributed by atoms with Gasteiger partial charge in [0, 0.05) is 22.3 Å². The Balaban J connectivity index is 1.97. The maximum Gasteiger partial charge on any atom is 0.0507 e. The minimum absolute atomic E-state index is 0.913. The van der Waals surface area contributed by atoms with Crippen LogP contribution in [0.5, 0.6) is 0 Å². The van der Waals surface area contributed by atoms with E-state index in [1.165, 1.54) is 20.4 Å². The van der Waals surface area contributed by atoms with E-state index in [9.17, 15) is 0 Å². The summed E-state index contributed by atoms with van der Waals surface area (Å²) in [5, 5.41) is 0. The van der Waals surface area contributed by atoms with Gasteiger partial charge in [0.25, 0.3) is 0 Å². The number of fused-ring (bicyclic) bond motifs is 1. The Morgan fingerprint density at radius 2 is 1.82 bits per heavy atom. The number of nitrogens with two attached hydrogens (primary N) is 1. The number of rotatable bonds is 1. The van der Waals surface area contributed by atoms with E-state index in [0.717, 1.165) is 18.8 Å². The highest BCUT2D eigenvalue weighted by Crippen LogP contribution is 2.33. The highest BCUT2D eigenvalue weighted by molar-refractivity contribution is 14.1. The Labute approximate surface area is 115 Å². The van der Waals surface area contributed by atoms with Gasteiger partial charge in [0.2, 0.25) is 0 Å². The van der Waals surface area contributed by atoms with E-state index in [1.807, 2.05) is 12.1 Å². The molecule has 0 saturated heterocycles. The van der Waals surface area contributed by atoms with Crippen molar-refractivity contribution in [3.05, 3.63) is 57.2 Å². The van der Waals surface area contributed by atoms with E-state index in [2.05, 4.69) is 57.8 Å². The summed E-state index contributed by atoms with van der Waals surface area (Å²) >= 11 is 2.39. The van der Waals surface area contributed by atoms with Crippen LogP contribution in [0.15, 0.2) is 42.5 Å². The summed E-state index contributed by atoms with van der Waals surface area (Å²) in [7, 11) is 0. The van der Waals surface area contributed by atoms with Gasteiger partial charge in [-0.3, -0.25) is 0 Å². The van der Waals surface area contributed by atoms with Crippen molar-refractivity contribution in [1.82, 2.24) is 0 Å². The van der Waals surface area contributed by atoms with E-state index in [-0.39, 0.29) is 0 Å². The number of para-hydroxylation sites is 1. The number of hydrogen-bond donors (Lipinski definition) is 1. The van der Waals surface area contributed by atoms with Crippen molar-refractivity contribution >= 4 is 34.0 Å². The Hall–Kier alpha value is -1.23. The maximum atomic E-state index is 6.02. The van der Waals surface area contributed by atoms with E-state index >= 15 is 0 Å². The molecule has 3 heteroatoms. The van der Waals surface area contributed by atoms with Crippen LogP contribution >= 0.6 is 22.6 Å². The van der Waals surface area contributed by atoms with Crippen LogP contribution < -0.4 is 10.6 Å². The molecule has 3 rings (SSSR count). The summed E-state index contributed by atoms with van der Waals surface area (Å²) in [5.74, 6) is 0. The molecule has 0 aromatic heterocycles. The lowest BCUT2D eigenvalue weighted by Crippen LogP contribution is -2.15. The fraction of sp³-hybridized carbons (Fsp3) is 0.143. The third kappa shape index (κ3) is 1.88. The normalized spacial score (nSPS) is 13.8. The molecule has 0 saturated carbocycles. The molecule has 17 heavy (non-hydrogen) atoms. The average Bonchev–Trinajstić information content (AvgIpc) is 2.75. The second kappa shape index (κ2) is 4.22. The Morgan fingerprint density at radius 1 is 1.00 bits per heavy atom. The molecule has 0 atom stereocenters. The van der Waals surface area contributed by atoms with Gasteiger partial charge >= 0.3 is 0 Å². The van der Waals surface area contributed by atoms with Crippen LogP contribution in [-0.4, -0.2) is 0 Å². The lowest BCUT2D eigenvalue weighted by molar-refractivity contribution is 0.878. The fourth-order valence-electron chi connectivity index (χ4n) is 2.33. The van der Waals surface area contributed by atoms with Crippen LogP contribution in [0.25, 0.3) is 0 Å². The largest absolute Gasteiger partial charge is 0.398 e. The quantitative estimate of drug-likeness (QED) is 0.639. The van der Waals surface area contributed by atoms with E-state index in [0.29, 0.717) is 0 Å². The summed E-state index contributed by atoms with van der Waals surface area (Å²) in [6.45, 7) is 1.88. The van der Waals surface area contributed by atoms with Crippen LogP contribution in [0.1, 0.15) is 11.1 Å². The predicted molar refractivity (Wildman–Crippen MR) is 79.9 cm³/mol. The van der Waals surface area contributed by atoms with Crippen LogP contribution in [0, 0.1) is 3.57 Å². The van der Waals surface area contributed by atoms with Gasteiger partial charge in [-0.25, -0.2) is 0 Å². The summed E-state index contributed by atoms with van der Waals surface area (Å²) < 4.78 is 1.29. The summed E-state index contributed by atoms with van der Waals surface area (Å²) in [6, 6.07) is 14.7. The second-order valence-corrected chi connectivity index (χ2v) is 5.45. The average molecular weight is 336 g/mol. The molecule has 1 aliphatic rings. The number of hydrogen-bond acceptors (Lipinski definition) is 2. The second-order valence-electron chi connectivity index (χ2n) is 4.29. The lowest BCUT2D eigenvalue weighted by Gasteiger charge is -2.19. The number of benzene rings is 2. The molecule has 0 fully saturated rings. The van der Waals surface area contributed by atoms with Crippen molar-refractivity contribution in [2.75, 3.05) is 10.6 Å². The Morgan fingerprint density at radius 3 is 2.59 bits per heavy atom. The number of nitrogens with zero attached hydrogens (tertiary/aromatic N) is 1. The minimum Gasteiger partial charge on any atom is -0.398 e. The Kier molecular flexibility index (Phi) is 2.70. The van der Waals surface area contributed by atoms with Crippen LogP contribution in [0.3, 0.4) is 0 Å². The third-order valence-corrected chi connectivity index (χ3v) is 4.12. The molecule has 2 N–H and O–H groups in total. The molecule has 0 radical (unpaired) electrons. The van der Waals surface area contributed by atoms with Crippen molar-refractivity contribution in [1.29, 1.82) is 0 Å². The maximum absolute atomic E-state index is 6.02. The lowest BCUT2D eigenvalue weighted by atomic mass is 10.1. The van der Waals surface area contributed by atoms with Gasteiger partial charge in [0.15, 0.2) is 0 Å². The zero-order valence-electron chi connectivity index (χ0n) is 9.36. The van der Waals surface area contributed by atoms with E-state index in [4.69, 9.17) is 5.73 Å². The van der Waals surface area contributed by atoms with Gasteiger partial charge < -0.3 is 10.6 Å². The molecule has 1 aliphatic heterocycles. The topological polar surface area (TPSA) is 29.3 Å². The van der Waals surface area contributed by atoms with Crippen LogP contribution in [0.4, 0.5) is 11.4 Å². The van der Waals surface area contributed by atoms with Gasteiger partial charge in [-0.05, 0) is 51.9 Å². The molecule has 86 valence electrons. The van der Waals surface area contributed by atoms with Crippen LogP contribution in [0.2, 0.25) is 0 Å². The van der Waals surface area contributed by atoms with Gasteiger partial charge in [-0.1, -0.05) is 24.3 Å². The molecule has 0 bridgehead atoms. The molecule has 0 aliphatic carbocycles. The molecule has 0 spiro atoms. The monoisotopic (exact) mass is 336 g/mol. The number of halogens is 1. The zero-order chi connectivity index (χ0) is 11.8. The molecule has 2 aromatic rings. The minimum atomic E-state index is 0.913. The number of anilines is 2. The van der Waals surface area contributed by atoms with E-state index < -0.39 is 0 Å². The predicted octanol–water partition coefficient (Wildman–Crippen LogP) is 3.39. The van der Waals surface area contributed by atoms with Gasteiger partial charge in [0.05, 0.1) is 5.69 Å². The molecule has 0 amide bonds. The third-order valence-electron chi connectivity index (χ3n) is 3.21. The fourth-order valence-corrected chi connectivity index (χ4v) is 3.05. The van der Waals surface area contributed by atoms with Crippen LogP contribution in [-0.2, 0) is 13.1 Å². The van der Waals surface area contributed by atoms with Crippen molar-refractivity contribution in [3.8, 4) is 0 Å². The SMILES string of the molecule is Nc1cccc2c1CN(c1ccccc1I)C2. The molecular formula is C14H13IN2. The molecule has 0 unspecified atom stereocenters. The first-order chi connectivity index (χ1) is 8.25. The summed E-state index contributed by atoms with van der Waals surface area (Å²) in [4.78, 5) is 2.38. The van der Waals surface area contributed by atoms with Crippen molar-refractivity contribution in [2.24, 2.45) is 0 Å². The highest BCUT2D eigenvalue weighted by Gasteiger charge is 2.21. The first kappa shape index (κ1) is 10.9. The molecule has 1 heterocycles. The van der Waals surface area contributed by atoms with Crippen molar-refractivity contribution in [2.45, 2.75) is 13.1 Å². The Bertz CT molecular complexity index is 566. The molecule has 2 aromatic carbocycles. The first-order valence-electron chi connectivity index (χ1n) is 5.61. The van der Waals surface area contributed by atoms with Crippen molar-refractivity contribution < 1.29 is 0 Å².